The third-order valence-corrected chi connectivity index (χ3v) is 2.68. The van der Waals surface area contributed by atoms with Crippen molar-refractivity contribution in [3.05, 3.63) is 0 Å². The van der Waals surface area contributed by atoms with Crippen LogP contribution in [0.3, 0.4) is 0 Å². The number of carbonyl (C=O) groups excluding carboxylic acids is 1. The molecule has 0 aliphatic carbocycles. The van der Waals surface area contributed by atoms with Crippen LogP contribution in [0.5, 0.6) is 0 Å². The van der Waals surface area contributed by atoms with Crippen LogP contribution in [0.25, 0.3) is 0 Å². The molecule has 0 saturated carbocycles. The molecule has 0 radical (unpaired) electrons. The van der Waals surface area contributed by atoms with Gasteiger partial charge in [0.15, 0.2) is 0 Å². The first kappa shape index (κ1) is 12.4. The summed E-state index contributed by atoms with van der Waals surface area (Å²) in [7, 11) is 2.00. The monoisotopic (exact) mass is 216 g/mol. The molecule has 1 fully saturated rings. The molecule has 2 unspecified atom stereocenters. The van der Waals surface area contributed by atoms with Gasteiger partial charge in [-0.3, -0.25) is 9.69 Å². The number of esters is 1. The lowest BCUT2D eigenvalue weighted by atomic mass is 10.2. The zero-order valence-electron chi connectivity index (χ0n) is 9.44. The van der Waals surface area contributed by atoms with Gasteiger partial charge < -0.3 is 15.2 Å². The van der Waals surface area contributed by atoms with Crippen LogP contribution in [0, 0.1) is 0 Å². The van der Waals surface area contributed by atoms with E-state index >= 15 is 0 Å². The largest absolute Gasteiger partial charge is 0.463 e. The summed E-state index contributed by atoms with van der Waals surface area (Å²) in [6.45, 7) is 4.47. The summed E-state index contributed by atoms with van der Waals surface area (Å²) in [6, 6.07) is -0.341. The van der Waals surface area contributed by atoms with Crippen molar-refractivity contribution in [3.63, 3.8) is 0 Å². The van der Waals surface area contributed by atoms with Gasteiger partial charge in [0.05, 0.1) is 19.3 Å². The number of likely N-dealkylation sites (N-methyl/N-ethyl adjacent to an activating group) is 1. The van der Waals surface area contributed by atoms with Crippen molar-refractivity contribution < 1.29 is 14.3 Å². The van der Waals surface area contributed by atoms with E-state index in [1.807, 2.05) is 14.0 Å². The van der Waals surface area contributed by atoms with E-state index in [1.54, 1.807) is 0 Å². The first-order valence-corrected chi connectivity index (χ1v) is 5.35. The molecule has 0 aromatic carbocycles. The molecule has 1 saturated heterocycles. The molecule has 15 heavy (non-hydrogen) atoms. The number of hydrogen-bond donors (Lipinski definition) is 1. The van der Waals surface area contributed by atoms with Crippen LogP contribution in [0.4, 0.5) is 0 Å². The molecule has 0 amide bonds. The molecule has 0 spiro atoms. The predicted octanol–water partition coefficient (Wildman–Crippen LogP) is -0.402. The molecule has 0 aromatic heterocycles. The molecule has 1 aliphatic rings. The summed E-state index contributed by atoms with van der Waals surface area (Å²) in [5.74, 6) is -0.323. The Morgan fingerprint density at radius 2 is 2.47 bits per heavy atom. The van der Waals surface area contributed by atoms with Gasteiger partial charge in [-0.1, -0.05) is 6.92 Å². The fourth-order valence-electron chi connectivity index (χ4n) is 1.37. The summed E-state index contributed by atoms with van der Waals surface area (Å²) >= 11 is 0. The second-order valence-corrected chi connectivity index (χ2v) is 3.85. The molecule has 0 aromatic rings. The lowest BCUT2D eigenvalue weighted by molar-refractivity contribution is -0.148. The molecular weight excluding hydrogens is 196 g/mol. The number of hydrogen-bond acceptors (Lipinski definition) is 5. The van der Waals surface area contributed by atoms with Gasteiger partial charge in [0.25, 0.3) is 0 Å². The molecule has 1 rings (SSSR count). The summed E-state index contributed by atoms with van der Waals surface area (Å²) in [6.07, 6.45) is 0.607. The molecule has 1 heterocycles. The minimum atomic E-state index is -0.500. The van der Waals surface area contributed by atoms with Gasteiger partial charge in [-0.25, -0.2) is 0 Å². The summed E-state index contributed by atoms with van der Waals surface area (Å²) in [5.41, 5.74) is 5.55. The maximum absolute atomic E-state index is 11.3. The second-order valence-electron chi connectivity index (χ2n) is 3.85. The topological polar surface area (TPSA) is 64.8 Å². The Bertz CT molecular complexity index is 211. The average Bonchev–Trinajstić information content (AvgIpc) is 2.26. The van der Waals surface area contributed by atoms with Gasteiger partial charge in [-0.05, 0) is 13.5 Å². The van der Waals surface area contributed by atoms with Crippen LogP contribution < -0.4 is 5.73 Å². The fraction of sp³-hybridized carbons (Fsp3) is 0.900. The molecule has 1 aliphatic heterocycles. The van der Waals surface area contributed by atoms with E-state index < -0.39 is 6.04 Å². The Balaban J connectivity index is 2.26. The van der Waals surface area contributed by atoms with Gasteiger partial charge in [0.1, 0.15) is 12.6 Å². The Kier molecular flexibility index (Phi) is 5.01. The van der Waals surface area contributed by atoms with E-state index in [2.05, 4.69) is 4.90 Å². The molecule has 88 valence electrons. The fourth-order valence-corrected chi connectivity index (χ4v) is 1.37. The van der Waals surface area contributed by atoms with Crippen LogP contribution >= 0.6 is 0 Å². The van der Waals surface area contributed by atoms with Crippen molar-refractivity contribution in [3.8, 4) is 0 Å². The Labute approximate surface area is 90.5 Å². The lowest BCUT2D eigenvalue weighted by Gasteiger charge is -2.31. The van der Waals surface area contributed by atoms with Gasteiger partial charge in [0, 0.05) is 6.54 Å². The lowest BCUT2D eigenvalue weighted by Crippen LogP contribution is -2.46. The molecule has 0 bridgehead atoms. The molecule has 2 N–H and O–H groups in total. The van der Waals surface area contributed by atoms with Crippen LogP contribution in [-0.2, 0) is 14.3 Å². The SMILES string of the molecule is CCC(N)C(=O)OCC1COCCN1C. The first-order chi connectivity index (χ1) is 7.15. The number of nitrogens with zero attached hydrogens (tertiary/aromatic N) is 1. The minimum absolute atomic E-state index is 0.159. The number of carbonyl (C=O) groups is 1. The van der Waals surface area contributed by atoms with E-state index in [9.17, 15) is 4.79 Å². The number of ether oxygens (including phenoxy) is 2. The van der Waals surface area contributed by atoms with E-state index in [0.717, 1.165) is 13.2 Å². The summed E-state index contributed by atoms with van der Waals surface area (Å²) < 4.78 is 10.4. The minimum Gasteiger partial charge on any atom is -0.463 e. The molecular formula is C10H20N2O3. The zero-order valence-corrected chi connectivity index (χ0v) is 9.44. The normalized spacial score (nSPS) is 24.9. The average molecular weight is 216 g/mol. The highest BCUT2D eigenvalue weighted by atomic mass is 16.5. The number of morpholine rings is 1. The van der Waals surface area contributed by atoms with Crippen LogP contribution in [0.1, 0.15) is 13.3 Å². The number of rotatable bonds is 4. The Morgan fingerprint density at radius 1 is 1.73 bits per heavy atom. The van der Waals surface area contributed by atoms with Crippen LogP contribution in [-0.4, -0.2) is 56.4 Å². The van der Waals surface area contributed by atoms with Crippen molar-refractivity contribution in [1.29, 1.82) is 0 Å². The summed E-state index contributed by atoms with van der Waals surface area (Å²) in [4.78, 5) is 13.5. The van der Waals surface area contributed by atoms with Crippen molar-refractivity contribution >= 4 is 5.97 Å². The van der Waals surface area contributed by atoms with Gasteiger partial charge in [0.2, 0.25) is 0 Å². The van der Waals surface area contributed by atoms with Gasteiger partial charge in [-0.15, -0.1) is 0 Å². The third-order valence-electron chi connectivity index (χ3n) is 2.68. The molecule has 2 atom stereocenters. The summed E-state index contributed by atoms with van der Waals surface area (Å²) in [5, 5.41) is 0. The van der Waals surface area contributed by atoms with Crippen molar-refractivity contribution in [2.45, 2.75) is 25.4 Å². The van der Waals surface area contributed by atoms with Crippen molar-refractivity contribution in [1.82, 2.24) is 4.90 Å². The molecule has 5 nitrogen and oxygen atoms in total. The zero-order chi connectivity index (χ0) is 11.3. The van der Waals surface area contributed by atoms with Crippen molar-refractivity contribution in [2.75, 3.05) is 33.4 Å². The second kappa shape index (κ2) is 6.05. The van der Waals surface area contributed by atoms with E-state index in [0.29, 0.717) is 19.6 Å². The van der Waals surface area contributed by atoms with Gasteiger partial charge >= 0.3 is 5.97 Å². The molecule has 5 heteroatoms. The Hall–Kier alpha value is -0.650. The quantitative estimate of drug-likeness (QED) is 0.648. The van der Waals surface area contributed by atoms with Crippen molar-refractivity contribution in [2.24, 2.45) is 5.73 Å². The van der Waals surface area contributed by atoms with E-state index in [1.165, 1.54) is 0 Å². The maximum atomic E-state index is 11.3. The van der Waals surface area contributed by atoms with Crippen LogP contribution in [0.15, 0.2) is 0 Å². The highest BCUT2D eigenvalue weighted by Gasteiger charge is 2.22. The predicted molar refractivity (Wildman–Crippen MR) is 56.5 cm³/mol. The van der Waals surface area contributed by atoms with E-state index in [4.69, 9.17) is 15.2 Å². The van der Waals surface area contributed by atoms with Crippen LogP contribution in [0.2, 0.25) is 0 Å². The first-order valence-electron chi connectivity index (χ1n) is 5.35. The maximum Gasteiger partial charge on any atom is 0.322 e. The Morgan fingerprint density at radius 3 is 3.07 bits per heavy atom. The third kappa shape index (κ3) is 3.77. The van der Waals surface area contributed by atoms with Gasteiger partial charge in [-0.2, -0.15) is 0 Å². The number of nitrogens with two attached hydrogens (primary N) is 1. The standard InChI is InChI=1S/C10H20N2O3/c1-3-9(11)10(13)15-7-8-6-14-5-4-12(8)2/h8-9H,3-7,11H2,1-2H3. The smallest absolute Gasteiger partial charge is 0.322 e. The highest BCUT2D eigenvalue weighted by molar-refractivity contribution is 5.75. The van der Waals surface area contributed by atoms with E-state index in [-0.39, 0.29) is 12.0 Å². The highest BCUT2D eigenvalue weighted by Crippen LogP contribution is 2.05.